The van der Waals surface area contributed by atoms with Crippen molar-refractivity contribution in [2.24, 2.45) is 5.92 Å². The summed E-state index contributed by atoms with van der Waals surface area (Å²) in [6.07, 6.45) is 29.4. The molecule has 4 nitrogen and oxygen atoms in total. The summed E-state index contributed by atoms with van der Waals surface area (Å²) in [5.74, 6) is 0.192. The van der Waals surface area contributed by atoms with Crippen LogP contribution in [0.3, 0.4) is 0 Å². The molecule has 7 aromatic carbocycles. The van der Waals surface area contributed by atoms with Gasteiger partial charge in [0.05, 0.1) is 39.7 Å². The molecule has 3 heterocycles. The zero-order chi connectivity index (χ0) is 47.0. The van der Waals surface area contributed by atoms with Gasteiger partial charge in [-0.1, -0.05) is 176 Å². The molecular weight excluding hydrogens is 861 g/mol. The lowest BCUT2D eigenvalue weighted by molar-refractivity contribution is 0.658. The van der Waals surface area contributed by atoms with E-state index in [1.54, 1.807) is 0 Å². The molecule has 0 bridgehead atoms. The van der Waals surface area contributed by atoms with E-state index in [9.17, 15) is 5.26 Å². The average Bonchev–Trinajstić information content (AvgIpc) is 4.08. The third kappa shape index (κ3) is 6.43. The fraction of sp³-hybridized carbons (Fsp3) is 0.119. The van der Waals surface area contributed by atoms with Crippen LogP contribution in [0.15, 0.2) is 218 Å². The summed E-state index contributed by atoms with van der Waals surface area (Å²) in [7, 11) is 0. The van der Waals surface area contributed by atoms with Gasteiger partial charge in [-0.15, -0.1) is 0 Å². The van der Waals surface area contributed by atoms with Crippen molar-refractivity contribution in [3.63, 3.8) is 0 Å². The number of anilines is 1. The zero-order valence-corrected chi connectivity index (χ0v) is 39.5. The molecule has 338 valence electrons. The Kier molecular flexibility index (Phi) is 9.78. The van der Waals surface area contributed by atoms with Gasteiger partial charge in [0, 0.05) is 44.9 Å². The van der Waals surface area contributed by atoms with E-state index >= 15 is 0 Å². The molecule has 0 saturated carbocycles. The van der Waals surface area contributed by atoms with E-state index in [1.165, 1.54) is 66.8 Å². The molecule has 2 unspecified atom stereocenters. The highest BCUT2D eigenvalue weighted by atomic mass is 15.2. The van der Waals surface area contributed by atoms with Gasteiger partial charge in [-0.25, -0.2) is 0 Å². The molecule has 0 N–H and O–H groups in total. The first-order chi connectivity index (χ1) is 35.2. The highest BCUT2D eigenvalue weighted by Gasteiger charge is 2.44. The van der Waals surface area contributed by atoms with Crippen molar-refractivity contribution in [3.8, 4) is 62.0 Å². The molecule has 14 rings (SSSR count). The third-order valence-electron chi connectivity index (χ3n) is 15.7. The van der Waals surface area contributed by atoms with Crippen LogP contribution in [0.1, 0.15) is 53.8 Å². The molecule has 0 spiro atoms. The molecule has 4 aliphatic carbocycles. The number of hydrogen-bond donors (Lipinski definition) is 0. The van der Waals surface area contributed by atoms with Crippen molar-refractivity contribution < 1.29 is 0 Å². The fourth-order valence-electron chi connectivity index (χ4n) is 12.7. The van der Waals surface area contributed by atoms with Crippen LogP contribution < -0.4 is 4.90 Å². The molecule has 0 saturated heterocycles. The van der Waals surface area contributed by atoms with E-state index in [1.807, 2.05) is 0 Å². The Morgan fingerprint density at radius 1 is 0.451 bits per heavy atom. The predicted molar refractivity (Wildman–Crippen MR) is 295 cm³/mol. The number of nitriles is 1. The molecule has 9 aromatic rings. The molecule has 2 aromatic heterocycles. The van der Waals surface area contributed by atoms with Crippen LogP contribution in [0.2, 0.25) is 0 Å². The van der Waals surface area contributed by atoms with E-state index in [2.05, 4.69) is 239 Å². The van der Waals surface area contributed by atoms with Crippen LogP contribution in [0, 0.1) is 17.2 Å². The summed E-state index contributed by atoms with van der Waals surface area (Å²) in [5.41, 5.74) is 22.6. The molecule has 71 heavy (non-hydrogen) atoms. The number of benzene rings is 7. The maximum absolute atomic E-state index is 12.2. The quantitative estimate of drug-likeness (QED) is 0.160. The molecule has 0 radical (unpaired) electrons. The maximum Gasteiger partial charge on any atom is 0.101 e. The third-order valence-corrected chi connectivity index (χ3v) is 15.7. The Morgan fingerprint density at radius 2 is 0.944 bits per heavy atom. The van der Waals surface area contributed by atoms with E-state index in [0.717, 1.165) is 88.9 Å². The van der Waals surface area contributed by atoms with E-state index < -0.39 is 0 Å². The lowest BCUT2D eigenvalue weighted by atomic mass is 9.85. The predicted octanol–water partition coefficient (Wildman–Crippen LogP) is 16.6. The Labute approximate surface area is 415 Å². The molecule has 0 amide bonds. The summed E-state index contributed by atoms with van der Waals surface area (Å²) in [6, 6.07) is 60.2. The Hall–Kier alpha value is -8.65. The second-order valence-corrected chi connectivity index (χ2v) is 19.5. The second kappa shape index (κ2) is 16.8. The van der Waals surface area contributed by atoms with E-state index in [-0.39, 0.29) is 12.0 Å². The normalized spacial score (nSPS) is 17.4. The summed E-state index contributed by atoms with van der Waals surface area (Å²) in [4.78, 5) is 2.65. The smallest absolute Gasteiger partial charge is 0.101 e. The number of aromatic nitrogens is 2. The van der Waals surface area contributed by atoms with Gasteiger partial charge >= 0.3 is 0 Å². The number of nitrogens with zero attached hydrogens (tertiary/aromatic N) is 4. The second-order valence-electron chi connectivity index (χ2n) is 19.5. The Balaban J connectivity index is 1.25. The highest BCUT2D eigenvalue weighted by molar-refractivity contribution is 6.14. The lowest BCUT2D eigenvalue weighted by Crippen LogP contribution is -2.34. The van der Waals surface area contributed by atoms with Crippen LogP contribution in [0.4, 0.5) is 5.69 Å². The van der Waals surface area contributed by atoms with Gasteiger partial charge in [0.1, 0.15) is 6.07 Å². The van der Waals surface area contributed by atoms with Crippen LogP contribution in [-0.2, 0) is 12.8 Å². The first-order valence-corrected chi connectivity index (χ1v) is 25.3. The van der Waals surface area contributed by atoms with Crippen LogP contribution in [-0.4, -0.2) is 15.2 Å². The number of fused-ring (bicyclic) bond motifs is 8. The SMILES string of the molecule is N#Cc1c(-c2ccccc2)c(N2C3=C(CCC=C3)C3C=CC=CC32)c(-n2c3ccc(-c4ccccc4)cc3c3cc(-c4ccccc4)ccc32)c(-n2c3c(c4c2C=CCC4)CCC=C3)c1-c1ccccc1. The van der Waals surface area contributed by atoms with Crippen molar-refractivity contribution in [2.45, 2.75) is 44.6 Å². The Bertz CT molecular complexity index is 3730. The standard InChI is InChI=1S/C67H50N4/c68-43-56-63(46-25-9-3-10-26-46)65(69-57-33-17-13-29-50(57)51-30-14-18-34-58(51)69)67(66(64(56)47-27-11-4-12-28-47)70-59-35-19-15-31-52(59)53-32-16-20-36-60(53)70)71-61-39-37-48(44-21-5-1-6-22-44)41-54(61)55-42-49(38-40-62(55)71)45-23-7-2-8-24-45/h1-13,17-29,33-42,50,57H,14-16,30-32H2. The number of rotatable bonds is 7. The van der Waals surface area contributed by atoms with Crippen molar-refractivity contribution in [2.75, 3.05) is 4.90 Å². The molecule has 4 heteroatoms. The van der Waals surface area contributed by atoms with Gasteiger partial charge in [-0.2, -0.15) is 5.26 Å². The summed E-state index contributed by atoms with van der Waals surface area (Å²) < 4.78 is 5.18. The summed E-state index contributed by atoms with van der Waals surface area (Å²) >= 11 is 0. The van der Waals surface area contributed by atoms with Gasteiger partial charge < -0.3 is 14.0 Å². The first-order valence-electron chi connectivity index (χ1n) is 25.3. The highest BCUT2D eigenvalue weighted by Crippen LogP contribution is 2.56. The summed E-state index contributed by atoms with van der Waals surface area (Å²) in [5, 5.41) is 14.6. The minimum atomic E-state index is -0.00864. The van der Waals surface area contributed by atoms with E-state index in [0.29, 0.717) is 5.56 Å². The molecule has 0 fully saturated rings. The van der Waals surface area contributed by atoms with Gasteiger partial charge in [-0.3, -0.25) is 0 Å². The molecule has 5 aliphatic rings. The van der Waals surface area contributed by atoms with Crippen molar-refractivity contribution in [1.82, 2.24) is 9.13 Å². The van der Waals surface area contributed by atoms with Crippen molar-refractivity contribution in [1.29, 1.82) is 5.26 Å². The maximum atomic E-state index is 12.2. The topological polar surface area (TPSA) is 36.9 Å². The van der Waals surface area contributed by atoms with Gasteiger partial charge in [0.15, 0.2) is 0 Å². The van der Waals surface area contributed by atoms with Crippen LogP contribution in [0.25, 0.3) is 89.8 Å². The molecule has 1 aliphatic heterocycles. The fourth-order valence-corrected chi connectivity index (χ4v) is 12.7. The molecule has 2 atom stereocenters. The lowest BCUT2D eigenvalue weighted by Gasteiger charge is -2.37. The van der Waals surface area contributed by atoms with Crippen LogP contribution >= 0.6 is 0 Å². The minimum absolute atomic E-state index is 0.00864. The van der Waals surface area contributed by atoms with Crippen LogP contribution in [0.5, 0.6) is 0 Å². The van der Waals surface area contributed by atoms with Crippen molar-refractivity contribution >= 4 is 39.6 Å². The van der Waals surface area contributed by atoms with E-state index in [4.69, 9.17) is 0 Å². The monoisotopic (exact) mass is 910 g/mol. The van der Waals surface area contributed by atoms with Gasteiger partial charge in [-0.05, 0) is 131 Å². The van der Waals surface area contributed by atoms with Crippen molar-refractivity contribution in [3.05, 3.63) is 246 Å². The summed E-state index contributed by atoms with van der Waals surface area (Å²) in [6.45, 7) is 0. The van der Waals surface area contributed by atoms with Gasteiger partial charge in [0.2, 0.25) is 0 Å². The van der Waals surface area contributed by atoms with Gasteiger partial charge in [0.25, 0.3) is 0 Å². The molecular formula is C67H50N4. The number of hydrogen-bond acceptors (Lipinski definition) is 2. The number of allylic oxidation sites excluding steroid dienone is 6. The minimum Gasteiger partial charge on any atom is -0.331 e. The zero-order valence-electron chi connectivity index (χ0n) is 39.5. The average molecular weight is 911 g/mol. The first kappa shape index (κ1) is 41.3. The Morgan fingerprint density at radius 3 is 1.49 bits per heavy atom. The largest absolute Gasteiger partial charge is 0.331 e.